The van der Waals surface area contributed by atoms with Gasteiger partial charge in [-0.15, -0.1) is 24.9 Å². The minimum Gasteiger partial charge on any atom is -0.465 e. The zero-order chi connectivity index (χ0) is 28.2. The molecular formula is C30H39ClN2O5S. The van der Waals surface area contributed by atoms with E-state index in [1.807, 2.05) is 19.1 Å². The Balaban J connectivity index is 1.71. The average Bonchev–Trinajstić information content (AvgIpc) is 3.55. The zero-order valence-corrected chi connectivity index (χ0v) is 24.2. The number of esters is 1. The molecule has 1 spiro atoms. The molecule has 0 aromatic heterocycles. The van der Waals surface area contributed by atoms with Gasteiger partial charge in [0.1, 0.15) is 6.04 Å². The number of para-hydroxylation sites is 1. The van der Waals surface area contributed by atoms with Crippen LogP contribution in [0.5, 0.6) is 0 Å². The number of rotatable bonds is 14. The number of carbonyl (C=O) groups excluding carboxylic acids is 3. The third kappa shape index (κ3) is 5.52. The van der Waals surface area contributed by atoms with Gasteiger partial charge in [-0.3, -0.25) is 14.4 Å². The maximum Gasteiger partial charge on any atom is 0.310 e. The SMILES string of the molecule is C=CCCOC(=O)[C@@H]1[C@H]2C(=O)N(CCCCCCO)C(C(=O)N(CC=C)c3c(C)cccc3Cl)C23CC[C@H]1S3. The highest BCUT2D eigenvalue weighted by molar-refractivity contribution is 8.02. The van der Waals surface area contributed by atoms with Crippen molar-refractivity contribution in [1.82, 2.24) is 4.90 Å². The van der Waals surface area contributed by atoms with Gasteiger partial charge in [0.2, 0.25) is 5.91 Å². The molecule has 2 unspecified atom stereocenters. The van der Waals surface area contributed by atoms with E-state index in [2.05, 4.69) is 13.2 Å². The monoisotopic (exact) mass is 574 g/mol. The van der Waals surface area contributed by atoms with Crippen LogP contribution in [0.3, 0.4) is 0 Å². The summed E-state index contributed by atoms with van der Waals surface area (Å²) in [6, 6.07) is 4.80. The second kappa shape index (κ2) is 12.9. The van der Waals surface area contributed by atoms with Crippen molar-refractivity contribution in [3.8, 4) is 0 Å². The zero-order valence-electron chi connectivity index (χ0n) is 22.6. The number of aliphatic hydroxyl groups excluding tert-OH is 1. The molecule has 0 saturated carbocycles. The number of aryl methyl sites for hydroxylation is 1. The fourth-order valence-corrected chi connectivity index (χ4v) is 9.09. The Morgan fingerprint density at radius 2 is 2.03 bits per heavy atom. The van der Waals surface area contributed by atoms with Gasteiger partial charge in [-0.1, -0.05) is 48.7 Å². The van der Waals surface area contributed by atoms with E-state index >= 15 is 0 Å². The normalized spacial score (nSPS) is 26.9. The van der Waals surface area contributed by atoms with E-state index in [9.17, 15) is 14.4 Å². The molecule has 3 saturated heterocycles. The second-order valence-corrected chi connectivity index (χ2v) is 12.6. The molecule has 3 heterocycles. The number of nitrogens with zero attached hydrogens (tertiary/aromatic N) is 2. The van der Waals surface area contributed by atoms with Crippen molar-refractivity contribution in [3.05, 3.63) is 54.1 Å². The van der Waals surface area contributed by atoms with Crippen LogP contribution in [0.25, 0.3) is 0 Å². The standard InChI is InChI=1S/C30H39ClN2O5S/c1-4-6-19-38-29(37)23-22-14-15-30(39-22)24(23)27(35)33(17-9-7-8-10-18-34)26(30)28(36)32(16-5-2)25-20(3)12-11-13-21(25)31/h4-5,11-13,22-24,26,34H,1-2,6-10,14-19H2,3H3/t22-,23+,24+,26?,30?/m1/s1. The molecule has 3 aliphatic heterocycles. The molecule has 1 aromatic carbocycles. The van der Waals surface area contributed by atoms with E-state index in [0.717, 1.165) is 24.8 Å². The number of likely N-dealkylation sites (tertiary alicyclic amines) is 1. The number of hydrogen-bond donors (Lipinski definition) is 1. The summed E-state index contributed by atoms with van der Waals surface area (Å²) in [6.07, 6.45) is 8.48. The van der Waals surface area contributed by atoms with Crippen molar-refractivity contribution in [2.45, 2.75) is 67.9 Å². The second-order valence-electron chi connectivity index (χ2n) is 10.6. The fourth-order valence-electron chi connectivity index (χ4n) is 6.56. The third-order valence-corrected chi connectivity index (χ3v) is 10.5. The van der Waals surface area contributed by atoms with Crippen molar-refractivity contribution in [2.24, 2.45) is 11.8 Å². The molecule has 4 rings (SSSR count). The first kappa shape index (κ1) is 29.7. The van der Waals surface area contributed by atoms with Crippen LogP contribution < -0.4 is 4.90 Å². The summed E-state index contributed by atoms with van der Waals surface area (Å²) in [4.78, 5) is 45.4. The van der Waals surface area contributed by atoms with Gasteiger partial charge in [-0.05, 0) is 50.7 Å². The Morgan fingerprint density at radius 1 is 1.26 bits per heavy atom. The lowest BCUT2D eigenvalue weighted by Crippen LogP contribution is -2.55. The van der Waals surface area contributed by atoms with Gasteiger partial charge in [0.05, 0.1) is 33.9 Å². The molecule has 0 aliphatic carbocycles. The lowest BCUT2D eigenvalue weighted by Gasteiger charge is -2.37. The predicted molar refractivity (Wildman–Crippen MR) is 156 cm³/mol. The Hall–Kier alpha value is -2.29. The van der Waals surface area contributed by atoms with Crippen LogP contribution in [0.2, 0.25) is 5.02 Å². The van der Waals surface area contributed by atoms with Crippen molar-refractivity contribution in [2.75, 3.05) is 31.2 Å². The predicted octanol–water partition coefficient (Wildman–Crippen LogP) is 4.93. The number of amides is 2. The molecule has 1 aromatic rings. The average molecular weight is 575 g/mol. The Labute approximate surface area is 240 Å². The van der Waals surface area contributed by atoms with Crippen LogP contribution in [0, 0.1) is 18.8 Å². The van der Waals surface area contributed by atoms with Crippen LogP contribution >= 0.6 is 23.4 Å². The summed E-state index contributed by atoms with van der Waals surface area (Å²) in [7, 11) is 0. The van der Waals surface area contributed by atoms with Gasteiger partial charge in [0.25, 0.3) is 5.91 Å². The van der Waals surface area contributed by atoms with E-state index in [-0.39, 0.29) is 42.8 Å². The van der Waals surface area contributed by atoms with Crippen LogP contribution in [-0.2, 0) is 19.1 Å². The lowest BCUT2D eigenvalue weighted by atomic mass is 9.71. The van der Waals surface area contributed by atoms with E-state index in [1.165, 1.54) is 0 Å². The molecule has 5 atom stereocenters. The highest BCUT2D eigenvalue weighted by atomic mass is 35.5. The maximum absolute atomic E-state index is 14.6. The highest BCUT2D eigenvalue weighted by Crippen LogP contribution is 2.66. The number of benzene rings is 1. The molecule has 3 fully saturated rings. The van der Waals surface area contributed by atoms with E-state index in [1.54, 1.807) is 39.8 Å². The fraction of sp³-hybridized carbons (Fsp3) is 0.567. The third-order valence-electron chi connectivity index (χ3n) is 8.22. The van der Waals surface area contributed by atoms with Gasteiger partial charge in [0, 0.05) is 24.9 Å². The molecule has 3 aliphatic rings. The summed E-state index contributed by atoms with van der Waals surface area (Å²) in [6.45, 7) is 10.5. The minimum atomic E-state index is -0.718. The smallest absolute Gasteiger partial charge is 0.310 e. The van der Waals surface area contributed by atoms with Crippen LogP contribution in [-0.4, -0.2) is 70.1 Å². The molecule has 9 heteroatoms. The summed E-state index contributed by atoms with van der Waals surface area (Å²) >= 11 is 8.25. The molecule has 212 valence electrons. The van der Waals surface area contributed by atoms with Crippen LogP contribution in [0.15, 0.2) is 43.5 Å². The molecule has 39 heavy (non-hydrogen) atoms. The first-order chi connectivity index (χ1) is 18.8. The summed E-state index contributed by atoms with van der Waals surface area (Å²) in [5, 5.41) is 9.57. The Kier molecular flexibility index (Phi) is 9.83. The van der Waals surface area contributed by atoms with Gasteiger partial charge < -0.3 is 19.6 Å². The van der Waals surface area contributed by atoms with Gasteiger partial charge in [-0.2, -0.15) is 0 Å². The molecule has 2 bridgehead atoms. The number of halogens is 1. The van der Waals surface area contributed by atoms with E-state index < -0.39 is 22.6 Å². The number of carbonyl (C=O) groups is 3. The van der Waals surface area contributed by atoms with Gasteiger partial charge >= 0.3 is 5.97 Å². The maximum atomic E-state index is 14.6. The summed E-state index contributed by atoms with van der Waals surface area (Å²) in [5.74, 6) is -1.83. The highest BCUT2D eigenvalue weighted by Gasteiger charge is 2.74. The first-order valence-corrected chi connectivity index (χ1v) is 15.1. The van der Waals surface area contributed by atoms with E-state index in [4.69, 9.17) is 21.4 Å². The number of unbranched alkanes of at least 4 members (excludes halogenated alkanes) is 3. The molecule has 0 radical (unpaired) electrons. The number of hydrogen-bond acceptors (Lipinski definition) is 6. The Morgan fingerprint density at radius 3 is 2.72 bits per heavy atom. The van der Waals surface area contributed by atoms with Crippen molar-refractivity contribution in [1.29, 1.82) is 0 Å². The molecular weight excluding hydrogens is 536 g/mol. The number of aliphatic hydroxyl groups is 1. The number of thioether (sulfide) groups is 1. The quantitative estimate of drug-likeness (QED) is 0.193. The number of anilines is 1. The van der Waals surface area contributed by atoms with Crippen LogP contribution in [0.4, 0.5) is 5.69 Å². The van der Waals surface area contributed by atoms with Crippen molar-refractivity contribution in [3.63, 3.8) is 0 Å². The lowest BCUT2D eigenvalue weighted by molar-refractivity contribution is -0.154. The first-order valence-electron chi connectivity index (χ1n) is 13.9. The van der Waals surface area contributed by atoms with Gasteiger partial charge in [-0.25, -0.2) is 0 Å². The van der Waals surface area contributed by atoms with Crippen molar-refractivity contribution >= 4 is 46.8 Å². The largest absolute Gasteiger partial charge is 0.465 e. The van der Waals surface area contributed by atoms with E-state index in [0.29, 0.717) is 42.9 Å². The molecule has 7 nitrogen and oxygen atoms in total. The topological polar surface area (TPSA) is 87.1 Å². The number of fused-ring (bicyclic) bond motifs is 1. The van der Waals surface area contributed by atoms with Crippen molar-refractivity contribution < 1.29 is 24.2 Å². The van der Waals surface area contributed by atoms with Gasteiger partial charge in [0.15, 0.2) is 0 Å². The number of ether oxygens (including phenoxy) is 1. The molecule has 2 amide bonds. The molecule has 1 N–H and O–H groups in total. The summed E-state index contributed by atoms with van der Waals surface area (Å²) in [5.41, 5.74) is 1.48. The Bertz CT molecular complexity index is 1090. The summed E-state index contributed by atoms with van der Waals surface area (Å²) < 4.78 is 4.88. The minimum absolute atomic E-state index is 0.0490. The van der Waals surface area contributed by atoms with Crippen LogP contribution in [0.1, 0.15) is 50.5 Å².